The summed E-state index contributed by atoms with van der Waals surface area (Å²) in [5.74, 6) is 0. The molecule has 2 aliphatic rings. The Kier molecular flexibility index (Phi) is 3.28. The minimum absolute atomic E-state index is 0.588. The molecule has 0 aromatic heterocycles. The van der Waals surface area contributed by atoms with Crippen molar-refractivity contribution in [2.75, 3.05) is 0 Å². The lowest BCUT2D eigenvalue weighted by molar-refractivity contribution is 0.340. The van der Waals surface area contributed by atoms with Gasteiger partial charge in [-0.2, -0.15) is 0 Å². The van der Waals surface area contributed by atoms with Gasteiger partial charge in [0.2, 0.25) is 0 Å². The monoisotopic (exact) mass is 240 g/mol. The van der Waals surface area contributed by atoms with Crippen LogP contribution in [0.15, 0.2) is 41.5 Å². The molecule has 0 N–H and O–H groups in total. The maximum absolute atomic E-state index is 2.51. The zero-order chi connectivity index (χ0) is 12.4. The highest BCUT2D eigenvalue weighted by atomic mass is 14.4. The van der Waals surface area contributed by atoms with Crippen LogP contribution in [0, 0.1) is 5.41 Å². The van der Waals surface area contributed by atoms with E-state index in [0.29, 0.717) is 5.41 Å². The van der Waals surface area contributed by atoms with Crippen LogP contribution in [0.25, 0.3) is 0 Å². The summed E-state index contributed by atoms with van der Waals surface area (Å²) in [4.78, 5) is 0. The standard InChI is InChI=1S/C18H24/c1-18-13-5-9-16(17(18)10-6-14-18)12-11-15-7-3-2-4-8-15/h2-4,7-8H,5-6,9-14H2,1H3/t18-/m1/s1. The molecule has 0 heteroatoms. The Morgan fingerprint density at radius 1 is 0.944 bits per heavy atom. The van der Waals surface area contributed by atoms with E-state index in [0.717, 1.165) is 0 Å². The Hall–Kier alpha value is -1.04. The molecule has 0 spiro atoms. The van der Waals surface area contributed by atoms with Crippen molar-refractivity contribution in [3.8, 4) is 0 Å². The number of fused-ring (bicyclic) bond motifs is 1. The smallest absolute Gasteiger partial charge is 0.0113 e. The van der Waals surface area contributed by atoms with E-state index in [-0.39, 0.29) is 0 Å². The second-order valence-corrected chi connectivity index (χ2v) is 6.34. The van der Waals surface area contributed by atoms with Crippen LogP contribution < -0.4 is 0 Å². The molecule has 0 nitrogen and oxygen atoms in total. The molecule has 0 radical (unpaired) electrons. The Balaban J connectivity index is 1.74. The molecule has 0 heterocycles. The molecule has 1 atom stereocenters. The molecular weight excluding hydrogens is 216 g/mol. The first kappa shape index (κ1) is 12.0. The van der Waals surface area contributed by atoms with Crippen molar-refractivity contribution < 1.29 is 0 Å². The van der Waals surface area contributed by atoms with Gasteiger partial charge in [0.05, 0.1) is 0 Å². The third kappa shape index (κ3) is 2.25. The van der Waals surface area contributed by atoms with E-state index in [1.807, 2.05) is 11.1 Å². The van der Waals surface area contributed by atoms with E-state index in [1.54, 1.807) is 0 Å². The summed E-state index contributed by atoms with van der Waals surface area (Å²) in [6.45, 7) is 2.51. The largest absolute Gasteiger partial charge is 0.0701 e. The first-order valence-corrected chi connectivity index (χ1v) is 7.53. The van der Waals surface area contributed by atoms with Crippen molar-refractivity contribution in [1.82, 2.24) is 0 Å². The third-order valence-corrected chi connectivity index (χ3v) is 5.08. The summed E-state index contributed by atoms with van der Waals surface area (Å²) < 4.78 is 0. The second kappa shape index (κ2) is 4.91. The van der Waals surface area contributed by atoms with Gasteiger partial charge in [-0.25, -0.2) is 0 Å². The predicted molar refractivity (Wildman–Crippen MR) is 77.6 cm³/mol. The van der Waals surface area contributed by atoms with E-state index in [9.17, 15) is 0 Å². The van der Waals surface area contributed by atoms with E-state index in [4.69, 9.17) is 0 Å². The fourth-order valence-corrected chi connectivity index (χ4v) is 4.05. The van der Waals surface area contributed by atoms with E-state index in [2.05, 4.69) is 37.3 Å². The van der Waals surface area contributed by atoms with Crippen molar-refractivity contribution in [2.24, 2.45) is 5.41 Å². The average molecular weight is 240 g/mol. The van der Waals surface area contributed by atoms with Crippen molar-refractivity contribution in [2.45, 2.75) is 58.3 Å². The summed E-state index contributed by atoms with van der Waals surface area (Å²) in [5, 5.41) is 0. The maximum atomic E-state index is 2.51. The van der Waals surface area contributed by atoms with Crippen LogP contribution in [0.4, 0.5) is 0 Å². The van der Waals surface area contributed by atoms with Gasteiger partial charge in [0, 0.05) is 0 Å². The van der Waals surface area contributed by atoms with Crippen LogP contribution in [-0.4, -0.2) is 0 Å². The lowest BCUT2D eigenvalue weighted by Crippen LogP contribution is -2.19. The maximum Gasteiger partial charge on any atom is -0.0113 e. The van der Waals surface area contributed by atoms with Gasteiger partial charge in [-0.1, -0.05) is 48.4 Å². The fourth-order valence-electron chi connectivity index (χ4n) is 4.05. The van der Waals surface area contributed by atoms with E-state index < -0.39 is 0 Å². The highest BCUT2D eigenvalue weighted by Gasteiger charge is 2.37. The van der Waals surface area contributed by atoms with Gasteiger partial charge in [-0.05, 0) is 62.3 Å². The van der Waals surface area contributed by atoms with E-state index >= 15 is 0 Å². The second-order valence-electron chi connectivity index (χ2n) is 6.34. The molecule has 2 aliphatic carbocycles. The van der Waals surface area contributed by atoms with Crippen molar-refractivity contribution in [3.05, 3.63) is 47.0 Å². The fraction of sp³-hybridized carbons (Fsp3) is 0.556. The third-order valence-electron chi connectivity index (χ3n) is 5.08. The van der Waals surface area contributed by atoms with Crippen LogP contribution in [0.2, 0.25) is 0 Å². The molecule has 18 heavy (non-hydrogen) atoms. The summed E-state index contributed by atoms with van der Waals surface area (Å²) in [5.41, 5.74) is 5.75. The van der Waals surface area contributed by atoms with Gasteiger partial charge in [-0.15, -0.1) is 0 Å². The van der Waals surface area contributed by atoms with Gasteiger partial charge in [0.1, 0.15) is 0 Å². The predicted octanol–water partition coefficient (Wildman–Crippen LogP) is 5.29. The lowest BCUT2D eigenvalue weighted by Gasteiger charge is -2.33. The Labute approximate surface area is 111 Å². The number of rotatable bonds is 3. The number of benzene rings is 1. The number of hydrogen-bond acceptors (Lipinski definition) is 0. The highest BCUT2D eigenvalue weighted by Crippen LogP contribution is 2.51. The lowest BCUT2D eigenvalue weighted by atomic mass is 9.72. The van der Waals surface area contributed by atoms with Crippen LogP contribution in [0.5, 0.6) is 0 Å². The zero-order valence-electron chi connectivity index (χ0n) is 11.5. The van der Waals surface area contributed by atoms with Gasteiger partial charge < -0.3 is 0 Å². The van der Waals surface area contributed by atoms with E-state index in [1.165, 1.54) is 56.9 Å². The Morgan fingerprint density at radius 2 is 1.67 bits per heavy atom. The van der Waals surface area contributed by atoms with Crippen LogP contribution in [0.3, 0.4) is 0 Å². The first-order valence-electron chi connectivity index (χ1n) is 7.53. The molecule has 3 rings (SSSR count). The SMILES string of the molecule is C[C@]12CCCC(CCc3ccccc3)=C1CCC2. The summed E-state index contributed by atoms with van der Waals surface area (Å²) >= 11 is 0. The van der Waals surface area contributed by atoms with Crippen molar-refractivity contribution in [1.29, 1.82) is 0 Å². The molecule has 0 bridgehead atoms. The molecule has 0 saturated heterocycles. The number of hydrogen-bond donors (Lipinski definition) is 0. The van der Waals surface area contributed by atoms with Crippen molar-refractivity contribution in [3.63, 3.8) is 0 Å². The minimum atomic E-state index is 0.588. The van der Waals surface area contributed by atoms with Crippen LogP contribution in [-0.2, 0) is 6.42 Å². The van der Waals surface area contributed by atoms with Crippen molar-refractivity contribution >= 4 is 0 Å². The minimum Gasteiger partial charge on any atom is -0.0701 e. The number of aryl methyl sites for hydroxylation is 1. The quantitative estimate of drug-likeness (QED) is 0.630. The summed E-state index contributed by atoms with van der Waals surface area (Å²) in [6.07, 6.45) is 11.0. The zero-order valence-corrected chi connectivity index (χ0v) is 11.5. The number of allylic oxidation sites excluding steroid dienone is 2. The molecule has 0 aliphatic heterocycles. The molecule has 0 unspecified atom stereocenters. The Bertz CT molecular complexity index is 440. The molecule has 1 fully saturated rings. The molecule has 1 aromatic carbocycles. The summed E-state index contributed by atoms with van der Waals surface area (Å²) in [7, 11) is 0. The molecule has 1 aromatic rings. The normalized spacial score (nSPS) is 27.4. The summed E-state index contributed by atoms with van der Waals surface area (Å²) in [6, 6.07) is 11.0. The van der Waals surface area contributed by atoms with Gasteiger partial charge in [-0.3, -0.25) is 0 Å². The average Bonchev–Trinajstić information content (AvgIpc) is 2.79. The topological polar surface area (TPSA) is 0 Å². The Morgan fingerprint density at radius 3 is 2.44 bits per heavy atom. The van der Waals surface area contributed by atoms with Gasteiger partial charge >= 0.3 is 0 Å². The highest BCUT2D eigenvalue weighted by molar-refractivity contribution is 5.29. The van der Waals surface area contributed by atoms with Gasteiger partial charge in [0.15, 0.2) is 0 Å². The van der Waals surface area contributed by atoms with Crippen LogP contribution in [0.1, 0.15) is 57.4 Å². The molecular formula is C18H24. The van der Waals surface area contributed by atoms with Crippen LogP contribution >= 0.6 is 0 Å². The molecule has 0 amide bonds. The van der Waals surface area contributed by atoms with Gasteiger partial charge in [0.25, 0.3) is 0 Å². The molecule has 1 saturated carbocycles. The first-order chi connectivity index (χ1) is 8.78. The molecule has 96 valence electrons.